The van der Waals surface area contributed by atoms with Crippen LogP contribution in [0.1, 0.15) is 27.8 Å². The fraction of sp³-hybridized carbons (Fsp3) is 0.115. The molecule has 0 saturated carbocycles. The van der Waals surface area contributed by atoms with Gasteiger partial charge in [-0.25, -0.2) is 0 Å². The van der Waals surface area contributed by atoms with Gasteiger partial charge in [-0.2, -0.15) is 10.5 Å². The number of carbonyl (C=O) groups excluding carboxylic acids is 1. The average Bonchev–Trinajstić information content (AvgIpc) is 2.79. The van der Waals surface area contributed by atoms with E-state index in [0.29, 0.717) is 22.4 Å². The summed E-state index contributed by atoms with van der Waals surface area (Å²) in [6.45, 7) is 3.95. The minimum absolute atomic E-state index is 0.0984. The number of hydrogen-bond donors (Lipinski definition) is 1. The number of halogens is 2. The molecule has 3 rings (SSSR count). The fourth-order valence-electron chi connectivity index (χ4n) is 3.16. The van der Waals surface area contributed by atoms with Crippen LogP contribution < -0.4 is 10.1 Å². The normalized spacial score (nSPS) is 10.8. The summed E-state index contributed by atoms with van der Waals surface area (Å²) in [6.07, 6.45) is 1.41. The lowest BCUT2D eigenvalue weighted by Crippen LogP contribution is -2.14. The van der Waals surface area contributed by atoms with E-state index in [4.69, 9.17) is 27.9 Å². The summed E-state index contributed by atoms with van der Waals surface area (Å²) in [5, 5.41) is 21.9. The number of rotatable bonds is 6. The molecule has 0 aliphatic heterocycles. The maximum Gasteiger partial charge on any atom is 0.266 e. The standard InChI is InChI=1S/C26H19Cl2N3O2/c1-16-7-8-24(17(2)9-16)31-26(32)21(14-30)10-18-11-22(27)25(23(28)12-18)33-15-20-6-4-3-5-19(20)13-29/h3-12H,15H2,1-2H3,(H,31,32)/b21-10+. The van der Waals surface area contributed by atoms with Gasteiger partial charge < -0.3 is 10.1 Å². The third-order valence-electron chi connectivity index (χ3n) is 4.84. The molecule has 0 bridgehead atoms. The largest absolute Gasteiger partial charge is 0.486 e. The van der Waals surface area contributed by atoms with Crippen LogP contribution in [-0.2, 0) is 11.4 Å². The second kappa shape index (κ2) is 10.7. The Kier molecular flexibility index (Phi) is 7.74. The van der Waals surface area contributed by atoms with Gasteiger partial charge in [-0.3, -0.25) is 4.79 Å². The van der Waals surface area contributed by atoms with Crippen molar-refractivity contribution in [2.75, 3.05) is 5.32 Å². The molecule has 0 radical (unpaired) electrons. The third-order valence-corrected chi connectivity index (χ3v) is 5.40. The number of carbonyl (C=O) groups is 1. The molecule has 0 atom stereocenters. The highest BCUT2D eigenvalue weighted by Gasteiger charge is 2.14. The van der Waals surface area contributed by atoms with Crippen molar-refractivity contribution < 1.29 is 9.53 Å². The number of nitrogens with one attached hydrogen (secondary N) is 1. The Balaban J connectivity index is 1.80. The van der Waals surface area contributed by atoms with Crippen molar-refractivity contribution in [3.63, 3.8) is 0 Å². The van der Waals surface area contributed by atoms with Crippen LogP contribution in [0.4, 0.5) is 5.69 Å². The van der Waals surface area contributed by atoms with E-state index in [1.807, 2.05) is 38.1 Å². The first-order valence-corrected chi connectivity index (χ1v) is 10.7. The number of nitrogens with zero attached hydrogens (tertiary/aromatic N) is 2. The van der Waals surface area contributed by atoms with Gasteiger partial charge in [0.25, 0.3) is 5.91 Å². The van der Waals surface area contributed by atoms with Crippen molar-refractivity contribution in [2.24, 2.45) is 0 Å². The monoisotopic (exact) mass is 475 g/mol. The number of ether oxygens (including phenoxy) is 1. The molecule has 0 unspecified atom stereocenters. The van der Waals surface area contributed by atoms with E-state index in [1.165, 1.54) is 6.08 Å². The first-order chi connectivity index (χ1) is 15.8. The van der Waals surface area contributed by atoms with Crippen molar-refractivity contribution in [2.45, 2.75) is 20.5 Å². The third kappa shape index (κ3) is 5.93. The lowest BCUT2D eigenvalue weighted by atomic mass is 10.1. The highest BCUT2D eigenvalue weighted by atomic mass is 35.5. The Hall–Kier alpha value is -3.77. The second-order valence-corrected chi connectivity index (χ2v) is 8.13. The topological polar surface area (TPSA) is 85.9 Å². The summed E-state index contributed by atoms with van der Waals surface area (Å²) in [6, 6.07) is 19.8. The van der Waals surface area contributed by atoms with Gasteiger partial charge in [0.2, 0.25) is 0 Å². The maximum atomic E-state index is 12.6. The Morgan fingerprint density at radius 2 is 1.76 bits per heavy atom. The molecular formula is C26H19Cl2N3O2. The van der Waals surface area contributed by atoms with Crippen LogP contribution >= 0.6 is 23.2 Å². The summed E-state index contributed by atoms with van der Waals surface area (Å²) in [5.41, 5.74) is 4.17. The summed E-state index contributed by atoms with van der Waals surface area (Å²) < 4.78 is 5.75. The number of benzene rings is 3. The Labute approximate surface area is 202 Å². The summed E-state index contributed by atoms with van der Waals surface area (Å²) in [5.74, 6) is -0.286. The predicted molar refractivity (Wildman–Crippen MR) is 130 cm³/mol. The first-order valence-electron chi connectivity index (χ1n) is 9.92. The molecule has 5 nitrogen and oxygen atoms in total. The van der Waals surface area contributed by atoms with E-state index in [2.05, 4.69) is 11.4 Å². The van der Waals surface area contributed by atoms with Gasteiger partial charge in [0.1, 0.15) is 18.2 Å². The Morgan fingerprint density at radius 3 is 2.39 bits per heavy atom. The van der Waals surface area contributed by atoms with Crippen molar-refractivity contribution in [3.8, 4) is 17.9 Å². The number of aryl methyl sites for hydroxylation is 2. The van der Waals surface area contributed by atoms with Crippen molar-refractivity contribution in [1.82, 2.24) is 0 Å². The molecule has 7 heteroatoms. The lowest BCUT2D eigenvalue weighted by Gasteiger charge is -2.12. The molecule has 3 aromatic carbocycles. The van der Waals surface area contributed by atoms with E-state index >= 15 is 0 Å². The number of anilines is 1. The molecule has 33 heavy (non-hydrogen) atoms. The smallest absolute Gasteiger partial charge is 0.266 e. The second-order valence-electron chi connectivity index (χ2n) is 7.31. The van der Waals surface area contributed by atoms with Crippen LogP contribution in [0.15, 0.2) is 60.2 Å². The van der Waals surface area contributed by atoms with Crippen LogP contribution in [0.5, 0.6) is 5.75 Å². The molecular weight excluding hydrogens is 457 g/mol. The van der Waals surface area contributed by atoms with E-state index in [1.54, 1.807) is 36.4 Å². The summed E-state index contributed by atoms with van der Waals surface area (Å²) in [7, 11) is 0. The molecule has 164 valence electrons. The molecule has 0 aromatic heterocycles. The fourth-order valence-corrected chi connectivity index (χ4v) is 3.78. The zero-order valence-corrected chi connectivity index (χ0v) is 19.5. The van der Waals surface area contributed by atoms with Crippen molar-refractivity contribution in [3.05, 3.63) is 98.0 Å². The minimum Gasteiger partial charge on any atom is -0.486 e. The maximum absolute atomic E-state index is 12.6. The van der Waals surface area contributed by atoms with E-state index in [0.717, 1.165) is 11.1 Å². The van der Waals surface area contributed by atoms with Crippen LogP contribution in [-0.4, -0.2) is 5.91 Å². The van der Waals surface area contributed by atoms with Crippen LogP contribution in [0.2, 0.25) is 10.0 Å². The van der Waals surface area contributed by atoms with Crippen LogP contribution in [0.25, 0.3) is 6.08 Å². The Morgan fingerprint density at radius 1 is 1.06 bits per heavy atom. The van der Waals surface area contributed by atoms with Crippen LogP contribution in [0, 0.1) is 36.5 Å². The number of hydrogen-bond acceptors (Lipinski definition) is 4. The van der Waals surface area contributed by atoms with Crippen LogP contribution in [0.3, 0.4) is 0 Å². The quantitative estimate of drug-likeness (QED) is 0.321. The number of nitriles is 2. The van der Waals surface area contributed by atoms with Gasteiger partial charge in [0.15, 0.2) is 5.75 Å². The zero-order valence-electron chi connectivity index (χ0n) is 17.9. The molecule has 3 aromatic rings. The van der Waals surface area contributed by atoms with E-state index in [-0.39, 0.29) is 28.0 Å². The minimum atomic E-state index is -0.537. The molecule has 1 N–H and O–H groups in total. The van der Waals surface area contributed by atoms with Gasteiger partial charge in [-0.1, -0.05) is 59.1 Å². The zero-order chi connectivity index (χ0) is 24.0. The van der Waals surface area contributed by atoms with Crippen molar-refractivity contribution >= 4 is 40.9 Å². The first kappa shape index (κ1) is 23.9. The summed E-state index contributed by atoms with van der Waals surface area (Å²) >= 11 is 12.7. The van der Waals surface area contributed by atoms with Gasteiger partial charge in [-0.15, -0.1) is 0 Å². The number of amides is 1. The van der Waals surface area contributed by atoms with Gasteiger partial charge >= 0.3 is 0 Å². The van der Waals surface area contributed by atoms with E-state index < -0.39 is 5.91 Å². The lowest BCUT2D eigenvalue weighted by molar-refractivity contribution is -0.112. The molecule has 0 heterocycles. The molecule has 1 amide bonds. The Bertz CT molecular complexity index is 1310. The molecule has 0 spiro atoms. The molecule has 0 aliphatic carbocycles. The van der Waals surface area contributed by atoms with Crippen molar-refractivity contribution in [1.29, 1.82) is 10.5 Å². The SMILES string of the molecule is Cc1ccc(NC(=O)/C(C#N)=C/c2cc(Cl)c(OCc3ccccc3C#N)c(Cl)c2)c(C)c1. The highest BCUT2D eigenvalue weighted by Crippen LogP contribution is 2.35. The predicted octanol–water partition coefficient (Wildman–Crippen LogP) is 6.61. The average molecular weight is 476 g/mol. The summed E-state index contributed by atoms with van der Waals surface area (Å²) in [4.78, 5) is 12.6. The van der Waals surface area contributed by atoms with E-state index in [9.17, 15) is 15.3 Å². The van der Waals surface area contributed by atoms with Gasteiger partial charge in [0.05, 0.1) is 21.7 Å². The van der Waals surface area contributed by atoms with Gasteiger partial charge in [-0.05, 0) is 55.3 Å². The highest BCUT2D eigenvalue weighted by molar-refractivity contribution is 6.37. The molecule has 0 aliphatic rings. The molecule has 0 fully saturated rings. The van der Waals surface area contributed by atoms with Gasteiger partial charge in [0, 0.05) is 11.3 Å². The molecule has 0 saturated heterocycles.